The van der Waals surface area contributed by atoms with E-state index >= 15 is 0 Å². The van der Waals surface area contributed by atoms with E-state index in [0.717, 1.165) is 25.2 Å². The molecule has 1 unspecified atom stereocenters. The Morgan fingerprint density at radius 2 is 1.97 bits per heavy atom. The molecule has 1 fully saturated rings. The van der Waals surface area contributed by atoms with Gasteiger partial charge in [0.15, 0.2) is 0 Å². The quantitative estimate of drug-likeness (QED) is 0.554. The molecule has 1 amide bonds. The minimum Gasteiger partial charge on any atom is -0.460 e. The van der Waals surface area contributed by atoms with E-state index < -0.39 is 11.5 Å². The summed E-state index contributed by atoms with van der Waals surface area (Å²) in [5.41, 5.74) is 5.60. The van der Waals surface area contributed by atoms with E-state index in [1.807, 2.05) is 20.8 Å². The first-order chi connectivity index (χ1) is 15.2. The molecule has 0 aromatic carbocycles. The van der Waals surface area contributed by atoms with Crippen LogP contribution in [-0.2, 0) is 9.53 Å². The Labute approximate surface area is 189 Å². The fourth-order valence-corrected chi connectivity index (χ4v) is 4.24. The van der Waals surface area contributed by atoms with Crippen LogP contribution in [0.15, 0.2) is 23.0 Å². The summed E-state index contributed by atoms with van der Waals surface area (Å²) in [6.45, 7) is 5.56. The van der Waals surface area contributed by atoms with Crippen LogP contribution in [0.1, 0.15) is 101 Å². The molecular weight excluding hydrogens is 408 g/mol. The molecule has 2 aromatic heterocycles. The van der Waals surface area contributed by atoms with Crippen LogP contribution in [0.5, 0.6) is 0 Å². The molecule has 0 bridgehead atoms. The van der Waals surface area contributed by atoms with Gasteiger partial charge in [0.25, 0.3) is 0 Å². The fraction of sp³-hybridized carbons (Fsp3) is 0.625. The van der Waals surface area contributed by atoms with Gasteiger partial charge >= 0.3 is 5.97 Å². The third kappa shape index (κ3) is 7.14. The molecule has 3 rings (SSSR count). The number of primary amides is 1. The molecule has 174 valence electrons. The lowest BCUT2D eigenvalue weighted by Gasteiger charge is -2.23. The highest BCUT2D eigenvalue weighted by Crippen LogP contribution is 2.32. The van der Waals surface area contributed by atoms with E-state index in [1.54, 1.807) is 12.3 Å². The number of nitrogens with zero attached hydrogens (tertiary/aromatic N) is 3. The van der Waals surface area contributed by atoms with Gasteiger partial charge in [-0.15, -0.1) is 0 Å². The SMILES string of the molecule is CC(C)(C)OC(=O)CC(CCCC1CCCCC1)c1nc(-c2cncc(C(N)=O)c2)no1. The van der Waals surface area contributed by atoms with Gasteiger partial charge in [0.1, 0.15) is 5.60 Å². The molecule has 1 atom stereocenters. The van der Waals surface area contributed by atoms with Crippen molar-refractivity contribution in [3.8, 4) is 11.4 Å². The highest BCUT2D eigenvalue weighted by atomic mass is 16.6. The van der Waals surface area contributed by atoms with E-state index in [2.05, 4.69) is 15.1 Å². The van der Waals surface area contributed by atoms with Crippen LogP contribution in [0.25, 0.3) is 11.4 Å². The van der Waals surface area contributed by atoms with E-state index in [0.29, 0.717) is 17.3 Å². The van der Waals surface area contributed by atoms with Crippen molar-refractivity contribution in [3.05, 3.63) is 29.9 Å². The Morgan fingerprint density at radius 3 is 2.66 bits per heavy atom. The summed E-state index contributed by atoms with van der Waals surface area (Å²) in [6.07, 6.45) is 12.6. The van der Waals surface area contributed by atoms with Crippen molar-refractivity contribution in [1.82, 2.24) is 15.1 Å². The topological polar surface area (TPSA) is 121 Å². The van der Waals surface area contributed by atoms with E-state index in [4.69, 9.17) is 15.0 Å². The molecule has 2 aromatic rings. The molecule has 0 saturated heterocycles. The maximum atomic E-state index is 12.5. The Kier molecular flexibility index (Phi) is 7.99. The number of ether oxygens (including phenoxy) is 1. The lowest BCUT2D eigenvalue weighted by Crippen LogP contribution is -2.25. The van der Waals surface area contributed by atoms with Crippen LogP contribution in [0, 0.1) is 5.92 Å². The second-order valence-corrected chi connectivity index (χ2v) is 9.71. The fourth-order valence-electron chi connectivity index (χ4n) is 4.24. The van der Waals surface area contributed by atoms with Crippen LogP contribution in [0.2, 0.25) is 0 Å². The second kappa shape index (κ2) is 10.7. The first-order valence-corrected chi connectivity index (χ1v) is 11.5. The largest absolute Gasteiger partial charge is 0.460 e. The monoisotopic (exact) mass is 442 g/mol. The van der Waals surface area contributed by atoms with Crippen LogP contribution in [0.4, 0.5) is 0 Å². The number of hydrogen-bond donors (Lipinski definition) is 1. The first kappa shape index (κ1) is 23.9. The summed E-state index contributed by atoms with van der Waals surface area (Å²) >= 11 is 0. The number of nitrogens with two attached hydrogens (primary N) is 1. The summed E-state index contributed by atoms with van der Waals surface area (Å²) in [4.78, 5) is 32.5. The zero-order chi connectivity index (χ0) is 23.1. The summed E-state index contributed by atoms with van der Waals surface area (Å²) < 4.78 is 11.1. The first-order valence-electron chi connectivity index (χ1n) is 11.5. The Bertz CT molecular complexity index is 913. The third-order valence-corrected chi connectivity index (χ3v) is 5.79. The minimum atomic E-state index is -0.575. The Morgan fingerprint density at radius 1 is 1.22 bits per heavy atom. The van der Waals surface area contributed by atoms with Crippen molar-refractivity contribution in [3.63, 3.8) is 0 Å². The van der Waals surface area contributed by atoms with Gasteiger partial charge < -0.3 is 15.0 Å². The molecule has 1 aliphatic carbocycles. The van der Waals surface area contributed by atoms with Crippen molar-refractivity contribution >= 4 is 11.9 Å². The number of aromatic nitrogens is 3. The lowest BCUT2D eigenvalue weighted by atomic mass is 9.84. The van der Waals surface area contributed by atoms with E-state index in [1.165, 1.54) is 38.3 Å². The van der Waals surface area contributed by atoms with Gasteiger partial charge in [0.05, 0.1) is 12.0 Å². The van der Waals surface area contributed by atoms with Gasteiger partial charge in [-0.3, -0.25) is 14.6 Å². The number of pyridine rings is 1. The van der Waals surface area contributed by atoms with Crippen LogP contribution in [-0.4, -0.2) is 32.6 Å². The van der Waals surface area contributed by atoms with Crippen molar-refractivity contribution < 1.29 is 18.8 Å². The van der Waals surface area contributed by atoms with Gasteiger partial charge in [-0.1, -0.05) is 50.1 Å². The zero-order valence-electron chi connectivity index (χ0n) is 19.3. The molecule has 0 spiro atoms. The third-order valence-electron chi connectivity index (χ3n) is 5.79. The molecule has 8 nitrogen and oxygen atoms in total. The summed E-state index contributed by atoms with van der Waals surface area (Å²) in [5, 5.41) is 4.06. The molecule has 8 heteroatoms. The standard InChI is InChI=1S/C24H34N4O4/c1-24(2,3)31-20(29)13-17(11-7-10-16-8-5-4-6-9-16)23-27-22(28-32-23)19-12-18(21(25)30)14-26-15-19/h12,14-17H,4-11,13H2,1-3H3,(H2,25,30). The zero-order valence-corrected chi connectivity index (χ0v) is 19.3. The molecular formula is C24H34N4O4. The van der Waals surface area contributed by atoms with Crippen LogP contribution in [0.3, 0.4) is 0 Å². The van der Waals surface area contributed by atoms with Gasteiger partial charge in [0.2, 0.25) is 17.6 Å². The van der Waals surface area contributed by atoms with Gasteiger partial charge in [-0.2, -0.15) is 4.98 Å². The van der Waals surface area contributed by atoms with Crippen LogP contribution < -0.4 is 5.73 Å². The Hall–Kier alpha value is -2.77. The molecule has 1 aliphatic rings. The maximum Gasteiger partial charge on any atom is 0.307 e. The summed E-state index contributed by atoms with van der Waals surface area (Å²) in [6, 6.07) is 1.58. The number of carbonyl (C=O) groups is 2. The number of carbonyl (C=O) groups excluding carboxylic acids is 2. The van der Waals surface area contributed by atoms with E-state index in [-0.39, 0.29) is 23.9 Å². The molecule has 0 aliphatic heterocycles. The van der Waals surface area contributed by atoms with Crippen molar-refractivity contribution in [1.29, 1.82) is 0 Å². The van der Waals surface area contributed by atoms with Crippen LogP contribution >= 0.6 is 0 Å². The number of esters is 1. The van der Waals surface area contributed by atoms with Crippen molar-refractivity contribution in [2.24, 2.45) is 11.7 Å². The van der Waals surface area contributed by atoms with E-state index in [9.17, 15) is 9.59 Å². The van der Waals surface area contributed by atoms with Crippen molar-refractivity contribution in [2.75, 3.05) is 0 Å². The minimum absolute atomic E-state index is 0.184. The van der Waals surface area contributed by atoms with Crippen molar-refractivity contribution in [2.45, 2.75) is 90.1 Å². The second-order valence-electron chi connectivity index (χ2n) is 9.71. The highest BCUT2D eigenvalue weighted by Gasteiger charge is 2.26. The maximum absolute atomic E-state index is 12.5. The predicted octanol–water partition coefficient (Wildman–Crippen LogP) is 4.80. The Balaban J connectivity index is 1.72. The average molecular weight is 443 g/mol. The molecule has 2 N–H and O–H groups in total. The normalized spacial score (nSPS) is 16.0. The molecule has 32 heavy (non-hydrogen) atoms. The summed E-state index contributed by atoms with van der Waals surface area (Å²) in [5.74, 6) is 0.413. The summed E-state index contributed by atoms with van der Waals surface area (Å²) in [7, 11) is 0. The highest BCUT2D eigenvalue weighted by molar-refractivity contribution is 5.93. The van der Waals surface area contributed by atoms with Gasteiger partial charge in [0, 0.05) is 23.9 Å². The molecule has 1 saturated carbocycles. The number of hydrogen-bond acceptors (Lipinski definition) is 7. The average Bonchev–Trinajstić information content (AvgIpc) is 3.23. The lowest BCUT2D eigenvalue weighted by molar-refractivity contribution is -0.155. The van der Waals surface area contributed by atoms with Gasteiger partial charge in [-0.25, -0.2) is 0 Å². The van der Waals surface area contributed by atoms with Gasteiger partial charge in [-0.05, 0) is 39.2 Å². The predicted molar refractivity (Wildman–Crippen MR) is 120 cm³/mol. The number of amides is 1. The molecule has 2 heterocycles. The molecule has 0 radical (unpaired) electrons. The smallest absolute Gasteiger partial charge is 0.307 e. The number of rotatable bonds is 9.